The molecule has 2 aromatic rings. The Morgan fingerprint density at radius 1 is 1.24 bits per heavy atom. The van der Waals surface area contributed by atoms with Gasteiger partial charge in [0.05, 0.1) is 0 Å². The average Bonchev–Trinajstić information content (AvgIpc) is 2.72. The summed E-state index contributed by atoms with van der Waals surface area (Å²) in [5.41, 5.74) is 0.689. The number of aryl methyl sites for hydroxylation is 1. The molecule has 0 aliphatic rings. The minimum Gasteiger partial charge on any atom is -0.317 e. The van der Waals surface area contributed by atoms with E-state index in [4.69, 9.17) is 0 Å². The first kappa shape index (κ1) is 11.7. The fourth-order valence-electron chi connectivity index (χ4n) is 1.68. The van der Waals surface area contributed by atoms with Gasteiger partial charge in [0.15, 0.2) is 11.6 Å². The SMILES string of the molecule is CCCn1cnnc1Cc1ccc(F)c(F)c1. The van der Waals surface area contributed by atoms with Crippen LogP contribution in [0, 0.1) is 11.6 Å². The van der Waals surface area contributed by atoms with E-state index in [0.29, 0.717) is 12.0 Å². The van der Waals surface area contributed by atoms with E-state index < -0.39 is 11.6 Å². The third-order valence-corrected chi connectivity index (χ3v) is 2.51. The first-order valence-electron chi connectivity index (χ1n) is 5.51. The average molecular weight is 237 g/mol. The highest BCUT2D eigenvalue weighted by atomic mass is 19.2. The summed E-state index contributed by atoms with van der Waals surface area (Å²) in [5.74, 6) is -0.898. The number of hydrogen-bond donors (Lipinski definition) is 0. The van der Waals surface area contributed by atoms with Crippen LogP contribution in [0.25, 0.3) is 0 Å². The zero-order chi connectivity index (χ0) is 12.3. The van der Waals surface area contributed by atoms with Crippen LogP contribution in [0.1, 0.15) is 24.7 Å². The van der Waals surface area contributed by atoms with Crippen LogP contribution in [-0.2, 0) is 13.0 Å². The molecule has 0 radical (unpaired) electrons. The number of rotatable bonds is 4. The molecule has 5 heteroatoms. The predicted molar refractivity (Wildman–Crippen MR) is 59.5 cm³/mol. The second-order valence-corrected chi connectivity index (χ2v) is 3.87. The summed E-state index contributed by atoms with van der Waals surface area (Å²) in [7, 11) is 0. The van der Waals surface area contributed by atoms with Crippen LogP contribution in [0.2, 0.25) is 0 Å². The van der Waals surface area contributed by atoms with Crippen molar-refractivity contribution in [2.24, 2.45) is 0 Å². The first-order chi connectivity index (χ1) is 8.20. The van der Waals surface area contributed by atoms with E-state index in [-0.39, 0.29) is 0 Å². The van der Waals surface area contributed by atoms with Gasteiger partial charge >= 0.3 is 0 Å². The van der Waals surface area contributed by atoms with Crippen LogP contribution in [0.15, 0.2) is 24.5 Å². The Labute approximate surface area is 98.1 Å². The maximum absolute atomic E-state index is 13.0. The van der Waals surface area contributed by atoms with Crippen molar-refractivity contribution in [2.45, 2.75) is 26.3 Å². The zero-order valence-electron chi connectivity index (χ0n) is 9.53. The lowest BCUT2D eigenvalue weighted by Gasteiger charge is -2.05. The van der Waals surface area contributed by atoms with E-state index in [1.165, 1.54) is 6.07 Å². The molecule has 0 atom stereocenters. The van der Waals surface area contributed by atoms with Gasteiger partial charge in [0.1, 0.15) is 12.2 Å². The molecular formula is C12H13F2N3. The molecule has 0 bridgehead atoms. The summed E-state index contributed by atoms with van der Waals surface area (Å²) in [6.07, 6.45) is 3.08. The van der Waals surface area contributed by atoms with Crippen LogP contribution in [-0.4, -0.2) is 14.8 Å². The summed E-state index contributed by atoms with van der Waals surface area (Å²) in [4.78, 5) is 0. The highest BCUT2D eigenvalue weighted by molar-refractivity contribution is 5.21. The number of aromatic nitrogens is 3. The second-order valence-electron chi connectivity index (χ2n) is 3.87. The molecule has 1 aromatic carbocycles. The van der Waals surface area contributed by atoms with Crippen LogP contribution in [0.5, 0.6) is 0 Å². The van der Waals surface area contributed by atoms with Crippen LogP contribution in [0.4, 0.5) is 8.78 Å². The lowest BCUT2D eigenvalue weighted by atomic mass is 10.1. The molecular weight excluding hydrogens is 224 g/mol. The Hall–Kier alpha value is -1.78. The molecule has 0 aliphatic carbocycles. The van der Waals surface area contributed by atoms with Crippen molar-refractivity contribution >= 4 is 0 Å². The maximum atomic E-state index is 13.0. The van der Waals surface area contributed by atoms with Crippen LogP contribution < -0.4 is 0 Å². The molecule has 1 heterocycles. The van der Waals surface area contributed by atoms with E-state index in [9.17, 15) is 8.78 Å². The van der Waals surface area contributed by atoms with Crippen molar-refractivity contribution in [3.63, 3.8) is 0 Å². The van der Waals surface area contributed by atoms with Gasteiger partial charge in [-0.2, -0.15) is 0 Å². The predicted octanol–water partition coefficient (Wildman–Crippen LogP) is 2.56. The van der Waals surface area contributed by atoms with Gasteiger partial charge in [-0.3, -0.25) is 0 Å². The highest BCUT2D eigenvalue weighted by Gasteiger charge is 2.07. The molecule has 0 fully saturated rings. The van der Waals surface area contributed by atoms with Gasteiger partial charge in [0, 0.05) is 13.0 Å². The Balaban J connectivity index is 2.19. The summed E-state index contributed by atoms with van der Waals surface area (Å²) >= 11 is 0. The minimum absolute atomic E-state index is 0.456. The monoisotopic (exact) mass is 237 g/mol. The quantitative estimate of drug-likeness (QED) is 0.818. The Morgan fingerprint density at radius 2 is 2.06 bits per heavy atom. The summed E-state index contributed by atoms with van der Waals surface area (Å²) in [6, 6.07) is 3.88. The van der Waals surface area contributed by atoms with Gasteiger partial charge < -0.3 is 4.57 Å². The van der Waals surface area contributed by atoms with Crippen molar-refractivity contribution in [3.8, 4) is 0 Å². The Kier molecular flexibility index (Phi) is 3.46. The smallest absolute Gasteiger partial charge is 0.159 e. The highest BCUT2D eigenvalue weighted by Crippen LogP contribution is 2.12. The van der Waals surface area contributed by atoms with Crippen molar-refractivity contribution in [1.29, 1.82) is 0 Å². The van der Waals surface area contributed by atoms with E-state index in [2.05, 4.69) is 17.1 Å². The van der Waals surface area contributed by atoms with Crippen molar-refractivity contribution < 1.29 is 8.78 Å². The van der Waals surface area contributed by atoms with Gasteiger partial charge in [0.2, 0.25) is 0 Å². The molecule has 90 valence electrons. The normalized spacial score (nSPS) is 10.8. The Morgan fingerprint density at radius 3 is 2.76 bits per heavy atom. The fraction of sp³-hybridized carbons (Fsp3) is 0.333. The largest absolute Gasteiger partial charge is 0.317 e. The van der Waals surface area contributed by atoms with Gasteiger partial charge in [-0.1, -0.05) is 13.0 Å². The molecule has 0 amide bonds. The zero-order valence-corrected chi connectivity index (χ0v) is 9.53. The van der Waals surface area contributed by atoms with Gasteiger partial charge in [-0.15, -0.1) is 10.2 Å². The topological polar surface area (TPSA) is 30.7 Å². The van der Waals surface area contributed by atoms with Gasteiger partial charge in [0.25, 0.3) is 0 Å². The van der Waals surface area contributed by atoms with Crippen molar-refractivity contribution in [2.75, 3.05) is 0 Å². The van der Waals surface area contributed by atoms with Crippen molar-refractivity contribution in [1.82, 2.24) is 14.8 Å². The van der Waals surface area contributed by atoms with E-state index >= 15 is 0 Å². The lowest BCUT2D eigenvalue weighted by molar-refractivity contribution is 0.507. The molecule has 0 spiro atoms. The Bertz CT molecular complexity index is 508. The second kappa shape index (κ2) is 5.03. The van der Waals surface area contributed by atoms with Gasteiger partial charge in [-0.05, 0) is 24.1 Å². The molecule has 1 aromatic heterocycles. The standard InChI is InChI=1S/C12H13F2N3/c1-2-5-17-8-15-16-12(17)7-9-3-4-10(13)11(14)6-9/h3-4,6,8H,2,5,7H2,1H3. The molecule has 0 saturated carbocycles. The summed E-state index contributed by atoms with van der Waals surface area (Å²) in [5, 5.41) is 7.80. The number of benzene rings is 1. The third-order valence-electron chi connectivity index (χ3n) is 2.51. The number of halogens is 2. The fourth-order valence-corrected chi connectivity index (χ4v) is 1.68. The molecule has 0 N–H and O–H groups in total. The van der Waals surface area contributed by atoms with Crippen LogP contribution in [0.3, 0.4) is 0 Å². The van der Waals surface area contributed by atoms with E-state index in [0.717, 1.165) is 24.9 Å². The molecule has 0 saturated heterocycles. The molecule has 0 aliphatic heterocycles. The summed E-state index contributed by atoms with van der Waals surface area (Å²) in [6.45, 7) is 2.88. The lowest BCUT2D eigenvalue weighted by Crippen LogP contribution is -2.03. The van der Waals surface area contributed by atoms with Crippen molar-refractivity contribution in [3.05, 3.63) is 47.5 Å². The van der Waals surface area contributed by atoms with E-state index in [1.54, 1.807) is 12.4 Å². The summed E-state index contributed by atoms with van der Waals surface area (Å²) < 4.78 is 27.7. The minimum atomic E-state index is -0.830. The molecule has 17 heavy (non-hydrogen) atoms. The number of nitrogens with zero attached hydrogens (tertiary/aromatic N) is 3. The first-order valence-corrected chi connectivity index (χ1v) is 5.51. The van der Waals surface area contributed by atoms with Gasteiger partial charge in [-0.25, -0.2) is 8.78 Å². The van der Waals surface area contributed by atoms with E-state index in [1.807, 2.05) is 4.57 Å². The van der Waals surface area contributed by atoms with Crippen LogP contribution >= 0.6 is 0 Å². The number of hydrogen-bond acceptors (Lipinski definition) is 2. The molecule has 3 nitrogen and oxygen atoms in total. The molecule has 2 rings (SSSR count). The maximum Gasteiger partial charge on any atom is 0.159 e. The molecule has 0 unspecified atom stereocenters. The third kappa shape index (κ3) is 2.67.